The van der Waals surface area contributed by atoms with Gasteiger partial charge in [0.25, 0.3) is 5.82 Å². The molecule has 0 radical (unpaired) electrons. The van der Waals surface area contributed by atoms with E-state index in [0.29, 0.717) is 5.56 Å². The Labute approximate surface area is 146 Å². The second-order valence-electron chi connectivity index (χ2n) is 6.19. The van der Waals surface area contributed by atoms with E-state index in [2.05, 4.69) is 46.7 Å². The summed E-state index contributed by atoms with van der Waals surface area (Å²) in [5.41, 5.74) is 6.05. The minimum Gasteiger partial charge on any atom is -0.318 e. The molecule has 0 aliphatic rings. The number of hydrogen-bond acceptors (Lipinski definition) is 4. The summed E-state index contributed by atoms with van der Waals surface area (Å²) in [4.78, 5) is 16.5. The summed E-state index contributed by atoms with van der Waals surface area (Å²) < 4.78 is 3.48. The predicted octanol–water partition coefficient (Wildman–Crippen LogP) is 3.06. The number of Topliss-reactive ketones (excluding diaryl/α,β-unsaturated/α-hetero) is 1. The van der Waals surface area contributed by atoms with Crippen molar-refractivity contribution in [2.75, 3.05) is 0 Å². The van der Waals surface area contributed by atoms with E-state index in [1.54, 1.807) is 0 Å². The number of benzene rings is 1. The van der Waals surface area contributed by atoms with Crippen LogP contribution in [0.5, 0.6) is 0 Å². The van der Waals surface area contributed by atoms with Crippen LogP contribution in [0.25, 0.3) is 5.69 Å². The van der Waals surface area contributed by atoms with Crippen LogP contribution in [0.3, 0.4) is 0 Å². The maximum atomic E-state index is 12.7. The quantitative estimate of drug-likeness (QED) is 0.688. The largest absolute Gasteiger partial charge is 0.318 e. The zero-order valence-corrected chi connectivity index (χ0v) is 14.7. The number of hydrogen-bond donors (Lipinski definition) is 0. The SMILES string of the molecule is Cc1ccc(-n2c(C)cc(C(=O)Cn3cnc(C#N)n3)c2C)cc1C. The van der Waals surface area contributed by atoms with Gasteiger partial charge in [-0.15, -0.1) is 5.10 Å². The van der Waals surface area contributed by atoms with Gasteiger partial charge >= 0.3 is 0 Å². The fraction of sp³-hybridized carbons (Fsp3) is 0.263. The molecule has 0 spiro atoms. The van der Waals surface area contributed by atoms with Crippen LogP contribution in [-0.4, -0.2) is 25.1 Å². The molecule has 3 aromatic rings. The molecule has 25 heavy (non-hydrogen) atoms. The van der Waals surface area contributed by atoms with Crippen molar-refractivity contribution >= 4 is 5.78 Å². The molecule has 2 aromatic heterocycles. The van der Waals surface area contributed by atoms with Crippen LogP contribution < -0.4 is 0 Å². The molecule has 6 heteroatoms. The topological polar surface area (TPSA) is 76.5 Å². The monoisotopic (exact) mass is 333 g/mol. The first-order valence-corrected chi connectivity index (χ1v) is 8.00. The Hall–Kier alpha value is -3.20. The number of aryl methyl sites for hydroxylation is 3. The molecule has 126 valence electrons. The molecule has 0 aliphatic carbocycles. The Balaban J connectivity index is 1.94. The highest BCUT2D eigenvalue weighted by atomic mass is 16.1. The van der Waals surface area contributed by atoms with Gasteiger partial charge in [0.2, 0.25) is 0 Å². The molecule has 0 bridgehead atoms. The first-order chi connectivity index (χ1) is 11.9. The minimum absolute atomic E-state index is 0.0578. The van der Waals surface area contributed by atoms with Crippen LogP contribution in [0.2, 0.25) is 0 Å². The average Bonchev–Trinajstić information content (AvgIpc) is 3.14. The lowest BCUT2D eigenvalue weighted by Crippen LogP contribution is -2.12. The van der Waals surface area contributed by atoms with Gasteiger partial charge in [0.15, 0.2) is 5.78 Å². The zero-order valence-electron chi connectivity index (χ0n) is 14.7. The Kier molecular flexibility index (Phi) is 4.24. The van der Waals surface area contributed by atoms with Crippen molar-refractivity contribution < 1.29 is 4.79 Å². The highest BCUT2D eigenvalue weighted by molar-refractivity contribution is 5.97. The molecule has 0 aliphatic heterocycles. The molecule has 0 amide bonds. The van der Waals surface area contributed by atoms with Crippen LogP contribution in [0, 0.1) is 39.0 Å². The van der Waals surface area contributed by atoms with Gasteiger partial charge in [0.05, 0.1) is 0 Å². The van der Waals surface area contributed by atoms with E-state index in [0.717, 1.165) is 17.1 Å². The van der Waals surface area contributed by atoms with Gasteiger partial charge < -0.3 is 4.57 Å². The summed E-state index contributed by atoms with van der Waals surface area (Å²) in [6.07, 6.45) is 1.40. The molecule has 0 saturated carbocycles. The first kappa shape index (κ1) is 16.7. The third-order valence-electron chi connectivity index (χ3n) is 4.42. The van der Waals surface area contributed by atoms with E-state index in [-0.39, 0.29) is 18.2 Å². The third-order valence-corrected chi connectivity index (χ3v) is 4.42. The number of carbonyl (C=O) groups is 1. The van der Waals surface area contributed by atoms with Crippen LogP contribution in [0.15, 0.2) is 30.6 Å². The molecule has 0 fully saturated rings. The van der Waals surface area contributed by atoms with Gasteiger partial charge in [0.1, 0.15) is 18.9 Å². The number of nitrogens with zero attached hydrogens (tertiary/aromatic N) is 5. The van der Waals surface area contributed by atoms with Crippen LogP contribution in [-0.2, 0) is 6.54 Å². The van der Waals surface area contributed by atoms with Gasteiger partial charge in [-0.25, -0.2) is 9.67 Å². The van der Waals surface area contributed by atoms with Crippen molar-refractivity contribution in [3.63, 3.8) is 0 Å². The van der Waals surface area contributed by atoms with E-state index in [4.69, 9.17) is 5.26 Å². The lowest BCUT2D eigenvalue weighted by atomic mass is 10.1. The molecule has 0 atom stereocenters. The standard InChI is InChI=1S/C19H19N5O/c1-12-5-6-16(7-13(12)2)24-14(3)8-17(15(24)4)18(25)10-23-11-21-19(9-20)22-23/h5-8,11H,10H2,1-4H3. The normalized spacial score (nSPS) is 10.7. The van der Waals surface area contributed by atoms with E-state index >= 15 is 0 Å². The van der Waals surface area contributed by atoms with E-state index in [1.165, 1.54) is 22.1 Å². The highest BCUT2D eigenvalue weighted by Crippen LogP contribution is 2.23. The second kappa shape index (κ2) is 6.36. The summed E-state index contributed by atoms with van der Waals surface area (Å²) in [5, 5.41) is 12.7. The Morgan fingerprint density at radius 3 is 2.56 bits per heavy atom. The zero-order chi connectivity index (χ0) is 18.1. The molecule has 2 heterocycles. The van der Waals surface area contributed by atoms with Gasteiger partial charge in [-0.2, -0.15) is 5.26 Å². The van der Waals surface area contributed by atoms with Crippen molar-refractivity contribution in [3.05, 3.63) is 64.5 Å². The van der Waals surface area contributed by atoms with Crippen LogP contribution >= 0.6 is 0 Å². The van der Waals surface area contributed by atoms with Gasteiger partial charge in [0, 0.05) is 22.6 Å². The Morgan fingerprint density at radius 2 is 1.92 bits per heavy atom. The fourth-order valence-electron chi connectivity index (χ4n) is 2.96. The highest BCUT2D eigenvalue weighted by Gasteiger charge is 2.18. The van der Waals surface area contributed by atoms with Crippen molar-refractivity contribution in [2.24, 2.45) is 0 Å². The smallest absolute Gasteiger partial charge is 0.252 e. The van der Waals surface area contributed by atoms with E-state index < -0.39 is 0 Å². The van der Waals surface area contributed by atoms with Gasteiger partial charge in [-0.3, -0.25) is 4.79 Å². The van der Waals surface area contributed by atoms with Crippen LogP contribution in [0.1, 0.15) is 38.7 Å². The molecule has 0 unspecified atom stereocenters. The maximum Gasteiger partial charge on any atom is 0.252 e. The first-order valence-electron chi connectivity index (χ1n) is 8.00. The minimum atomic E-state index is -0.0578. The summed E-state index contributed by atoms with van der Waals surface area (Å²) >= 11 is 0. The number of rotatable bonds is 4. The van der Waals surface area contributed by atoms with Crippen molar-refractivity contribution in [1.29, 1.82) is 5.26 Å². The molecule has 1 aromatic carbocycles. The lowest BCUT2D eigenvalue weighted by Gasteiger charge is -2.12. The summed E-state index contributed by atoms with van der Waals surface area (Å²) in [6, 6.07) is 10.0. The number of ketones is 1. The summed E-state index contributed by atoms with van der Waals surface area (Å²) in [7, 11) is 0. The Morgan fingerprint density at radius 1 is 1.16 bits per heavy atom. The van der Waals surface area contributed by atoms with E-state index in [9.17, 15) is 4.79 Å². The number of aromatic nitrogens is 4. The maximum absolute atomic E-state index is 12.7. The molecular weight excluding hydrogens is 314 g/mol. The predicted molar refractivity (Wildman–Crippen MR) is 93.8 cm³/mol. The van der Waals surface area contributed by atoms with Gasteiger partial charge in [-0.1, -0.05) is 6.07 Å². The van der Waals surface area contributed by atoms with Crippen molar-refractivity contribution in [1.82, 2.24) is 19.3 Å². The second-order valence-corrected chi connectivity index (χ2v) is 6.19. The lowest BCUT2D eigenvalue weighted by molar-refractivity contribution is 0.0967. The Bertz CT molecular complexity index is 1000. The fourth-order valence-corrected chi connectivity index (χ4v) is 2.96. The van der Waals surface area contributed by atoms with E-state index in [1.807, 2.05) is 26.0 Å². The molecule has 0 saturated heterocycles. The number of carbonyl (C=O) groups excluding carboxylic acids is 1. The van der Waals surface area contributed by atoms with Gasteiger partial charge in [-0.05, 0) is 57.0 Å². The molecular formula is C19H19N5O. The molecule has 3 rings (SSSR count). The number of nitriles is 1. The van der Waals surface area contributed by atoms with Crippen LogP contribution in [0.4, 0.5) is 0 Å². The average molecular weight is 333 g/mol. The van der Waals surface area contributed by atoms with Crippen molar-refractivity contribution in [2.45, 2.75) is 34.2 Å². The third kappa shape index (κ3) is 3.09. The molecule has 0 N–H and O–H groups in total. The van der Waals surface area contributed by atoms with Crippen molar-refractivity contribution in [3.8, 4) is 11.8 Å². The molecule has 6 nitrogen and oxygen atoms in total. The summed E-state index contributed by atoms with van der Waals surface area (Å²) in [6.45, 7) is 8.15. The summed E-state index contributed by atoms with van der Waals surface area (Å²) in [5.74, 6) is 0.00553.